The zero-order valence-corrected chi connectivity index (χ0v) is 16.6. The molecular weight excluding hydrogens is 352 g/mol. The van der Waals surface area contributed by atoms with Crippen molar-refractivity contribution in [2.45, 2.75) is 37.0 Å². The van der Waals surface area contributed by atoms with Gasteiger partial charge in [-0.25, -0.2) is 0 Å². The minimum absolute atomic E-state index is 0.345. The molecule has 0 bridgehead atoms. The van der Waals surface area contributed by atoms with Gasteiger partial charge in [0.15, 0.2) is 0 Å². The van der Waals surface area contributed by atoms with Gasteiger partial charge < -0.3 is 5.11 Å². The van der Waals surface area contributed by atoms with E-state index in [2.05, 4.69) is 53.2 Å². The number of hydrogen-bond acceptors (Lipinski definition) is 4. The molecule has 1 aromatic heterocycles. The summed E-state index contributed by atoms with van der Waals surface area (Å²) in [6, 6.07) is 16.7. The summed E-state index contributed by atoms with van der Waals surface area (Å²) in [4.78, 5) is 8.20. The lowest BCUT2D eigenvalue weighted by molar-refractivity contribution is 0.184. The lowest BCUT2D eigenvalue weighted by atomic mass is 9.98. The largest absolute Gasteiger partial charge is 0.505 e. The number of aromatic nitrogens is 1. The van der Waals surface area contributed by atoms with Crippen LogP contribution in [0.15, 0.2) is 59.6 Å². The first kappa shape index (κ1) is 18.3. The van der Waals surface area contributed by atoms with Crippen molar-refractivity contribution in [3.63, 3.8) is 0 Å². The van der Waals surface area contributed by atoms with E-state index in [1.807, 2.05) is 23.9 Å². The van der Waals surface area contributed by atoms with Crippen LogP contribution in [-0.4, -0.2) is 28.1 Å². The minimum atomic E-state index is 0.345. The normalized spacial score (nSPS) is 16.0. The van der Waals surface area contributed by atoms with Gasteiger partial charge in [0.2, 0.25) is 0 Å². The molecule has 4 heteroatoms. The van der Waals surface area contributed by atoms with Crippen molar-refractivity contribution in [1.82, 2.24) is 9.88 Å². The van der Waals surface area contributed by atoms with Crippen molar-refractivity contribution in [1.29, 1.82) is 0 Å². The molecule has 0 spiro atoms. The number of rotatable bonds is 5. The van der Waals surface area contributed by atoms with Crippen LogP contribution < -0.4 is 0 Å². The van der Waals surface area contributed by atoms with E-state index < -0.39 is 0 Å². The fourth-order valence-electron chi connectivity index (χ4n) is 3.74. The molecule has 0 unspecified atom stereocenters. The fraction of sp³-hybridized carbons (Fsp3) is 0.348. The second-order valence-electron chi connectivity index (χ2n) is 7.50. The molecule has 1 fully saturated rings. The van der Waals surface area contributed by atoms with Gasteiger partial charge in [-0.05, 0) is 61.7 Å². The summed E-state index contributed by atoms with van der Waals surface area (Å²) in [5, 5.41) is 11.9. The number of pyridine rings is 1. The van der Waals surface area contributed by atoms with Crippen molar-refractivity contribution in [3.05, 3.63) is 65.9 Å². The predicted molar refractivity (Wildman–Crippen MR) is 113 cm³/mol. The van der Waals surface area contributed by atoms with Crippen molar-refractivity contribution < 1.29 is 5.11 Å². The minimum Gasteiger partial charge on any atom is -0.505 e. The van der Waals surface area contributed by atoms with Crippen molar-refractivity contribution in [3.8, 4) is 5.75 Å². The molecule has 0 aliphatic carbocycles. The first-order valence-electron chi connectivity index (χ1n) is 9.69. The Kier molecular flexibility index (Phi) is 5.65. The van der Waals surface area contributed by atoms with Crippen LogP contribution in [0.25, 0.3) is 10.9 Å². The maximum absolute atomic E-state index is 10.8. The Bertz CT molecular complexity index is 905. The number of piperidine rings is 1. The van der Waals surface area contributed by atoms with Crippen LogP contribution in [0.2, 0.25) is 0 Å². The SMILES string of the molecule is CC1CCN(Cc2cc(CSc3ccccc3)c3cccnc3c2O)CC1. The summed E-state index contributed by atoms with van der Waals surface area (Å²) in [7, 11) is 0. The van der Waals surface area contributed by atoms with Gasteiger partial charge in [-0.2, -0.15) is 0 Å². The number of likely N-dealkylation sites (tertiary alicyclic amines) is 1. The topological polar surface area (TPSA) is 36.4 Å². The molecule has 4 rings (SSSR count). The molecule has 1 aliphatic rings. The molecule has 3 aromatic rings. The lowest BCUT2D eigenvalue weighted by Gasteiger charge is -2.30. The maximum Gasteiger partial charge on any atom is 0.146 e. The zero-order chi connectivity index (χ0) is 18.6. The van der Waals surface area contributed by atoms with E-state index in [0.29, 0.717) is 5.75 Å². The standard InChI is InChI=1S/C23H26N2OS/c1-17-9-12-25(13-10-17)15-18-14-19(16-27-20-6-3-2-4-7-20)21-8-5-11-24-22(21)23(18)26/h2-8,11,14,17,26H,9-10,12-13,15-16H2,1H3. The molecule has 140 valence electrons. The van der Waals surface area contributed by atoms with E-state index >= 15 is 0 Å². The average molecular weight is 379 g/mol. The van der Waals surface area contributed by atoms with E-state index in [4.69, 9.17) is 0 Å². The molecule has 1 N–H and O–H groups in total. The van der Waals surface area contributed by atoms with Crippen LogP contribution in [0, 0.1) is 5.92 Å². The quantitative estimate of drug-likeness (QED) is 0.598. The molecular formula is C23H26N2OS. The monoisotopic (exact) mass is 378 g/mol. The highest BCUT2D eigenvalue weighted by Gasteiger charge is 2.19. The zero-order valence-electron chi connectivity index (χ0n) is 15.8. The number of phenols is 1. The summed E-state index contributed by atoms with van der Waals surface area (Å²) < 4.78 is 0. The van der Waals surface area contributed by atoms with Gasteiger partial charge in [0, 0.05) is 34.3 Å². The molecule has 3 nitrogen and oxygen atoms in total. The predicted octanol–water partition coefficient (Wildman–Crippen LogP) is 5.46. The van der Waals surface area contributed by atoms with Crippen molar-refractivity contribution in [2.24, 2.45) is 5.92 Å². The Labute approximate surface area is 165 Å². The van der Waals surface area contributed by atoms with Gasteiger partial charge in [-0.15, -0.1) is 11.8 Å². The first-order chi connectivity index (χ1) is 13.2. The number of benzene rings is 2. The molecule has 1 aliphatic heterocycles. The Morgan fingerprint density at radius 1 is 1.07 bits per heavy atom. The van der Waals surface area contributed by atoms with Crippen molar-refractivity contribution in [2.75, 3.05) is 13.1 Å². The number of thioether (sulfide) groups is 1. The van der Waals surface area contributed by atoms with Crippen molar-refractivity contribution >= 4 is 22.7 Å². The van der Waals surface area contributed by atoms with Gasteiger partial charge in [0.1, 0.15) is 11.3 Å². The smallest absolute Gasteiger partial charge is 0.146 e. The van der Waals surface area contributed by atoms with E-state index in [9.17, 15) is 5.11 Å². The molecule has 1 saturated heterocycles. The second kappa shape index (κ2) is 8.32. The maximum atomic E-state index is 10.8. The van der Waals surface area contributed by atoms with E-state index in [-0.39, 0.29) is 0 Å². The highest BCUT2D eigenvalue weighted by molar-refractivity contribution is 7.98. The average Bonchev–Trinajstić information content (AvgIpc) is 2.71. The molecule has 2 aromatic carbocycles. The number of nitrogens with zero attached hydrogens (tertiary/aromatic N) is 2. The lowest BCUT2D eigenvalue weighted by Crippen LogP contribution is -2.32. The van der Waals surface area contributed by atoms with Gasteiger partial charge in [0.25, 0.3) is 0 Å². The number of aromatic hydroxyl groups is 1. The highest BCUT2D eigenvalue weighted by atomic mass is 32.2. The summed E-state index contributed by atoms with van der Waals surface area (Å²) in [6.07, 6.45) is 4.25. The van der Waals surface area contributed by atoms with E-state index in [1.165, 1.54) is 23.3 Å². The molecule has 0 atom stereocenters. The summed E-state index contributed by atoms with van der Waals surface area (Å²) in [5.41, 5.74) is 2.97. The van der Waals surface area contributed by atoms with Crippen LogP contribution >= 0.6 is 11.8 Å². The van der Waals surface area contributed by atoms with Gasteiger partial charge in [-0.1, -0.05) is 31.2 Å². The summed E-state index contributed by atoms with van der Waals surface area (Å²) in [6.45, 7) is 5.34. The van der Waals surface area contributed by atoms with Gasteiger partial charge in [0.05, 0.1) is 0 Å². The van der Waals surface area contributed by atoms with Gasteiger partial charge in [-0.3, -0.25) is 9.88 Å². The van der Waals surface area contributed by atoms with E-state index in [0.717, 1.165) is 47.8 Å². The second-order valence-corrected chi connectivity index (χ2v) is 8.55. The van der Waals surface area contributed by atoms with Crippen LogP contribution in [0.1, 0.15) is 30.9 Å². The summed E-state index contributed by atoms with van der Waals surface area (Å²) >= 11 is 1.83. The Balaban J connectivity index is 1.62. The third-order valence-electron chi connectivity index (χ3n) is 5.44. The fourth-order valence-corrected chi connectivity index (χ4v) is 4.65. The van der Waals surface area contributed by atoms with Crippen LogP contribution in [0.3, 0.4) is 0 Å². The third-order valence-corrected chi connectivity index (χ3v) is 6.50. The number of fused-ring (bicyclic) bond motifs is 1. The third kappa shape index (κ3) is 4.28. The Morgan fingerprint density at radius 2 is 1.85 bits per heavy atom. The number of phenolic OH excluding ortho intramolecular Hbond substituents is 1. The number of hydrogen-bond donors (Lipinski definition) is 1. The van der Waals surface area contributed by atoms with Crippen LogP contribution in [0.4, 0.5) is 0 Å². The van der Waals surface area contributed by atoms with Crippen LogP contribution in [0.5, 0.6) is 5.75 Å². The molecule has 0 amide bonds. The molecule has 0 saturated carbocycles. The Hall–Kier alpha value is -2.04. The van der Waals surface area contributed by atoms with Gasteiger partial charge >= 0.3 is 0 Å². The first-order valence-corrected chi connectivity index (χ1v) is 10.7. The molecule has 2 heterocycles. The highest BCUT2D eigenvalue weighted by Crippen LogP contribution is 2.34. The molecule has 27 heavy (non-hydrogen) atoms. The van der Waals surface area contributed by atoms with E-state index in [1.54, 1.807) is 6.20 Å². The van der Waals surface area contributed by atoms with Crippen LogP contribution in [-0.2, 0) is 12.3 Å². The Morgan fingerprint density at radius 3 is 2.63 bits per heavy atom. The molecule has 0 radical (unpaired) electrons. The summed E-state index contributed by atoms with van der Waals surface area (Å²) in [5.74, 6) is 2.03.